The fourth-order valence-electron chi connectivity index (χ4n) is 5.05. The topological polar surface area (TPSA) is 23.8 Å². The van der Waals surface area contributed by atoms with Crippen molar-refractivity contribution in [2.45, 2.75) is 96.8 Å². The molecule has 140 valence electrons. The van der Waals surface area contributed by atoms with E-state index in [1.54, 1.807) is 11.6 Å². The van der Waals surface area contributed by atoms with E-state index in [4.69, 9.17) is 5.26 Å². The van der Waals surface area contributed by atoms with Crippen LogP contribution in [-0.4, -0.2) is 0 Å². The Morgan fingerprint density at radius 1 is 0.920 bits per heavy atom. The van der Waals surface area contributed by atoms with Gasteiger partial charge in [-0.05, 0) is 75.0 Å². The van der Waals surface area contributed by atoms with Crippen LogP contribution in [0.3, 0.4) is 0 Å². The van der Waals surface area contributed by atoms with Gasteiger partial charge < -0.3 is 0 Å². The summed E-state index contributed by atoms with van der Waals surface area (Å²) >= 11 is 0. The number of hydrogen-bond acceptors (Lipinski definition) is 1. The zero-order valence-corrected chi connectivity index (χ0v) is 16.5. The maximum atomic E-state index is 8.67. The van der Waals surface area contributed by atoms with Crippen LogP contribution in [0.15, 0.2) is 24.3 Å². The Bertz CT molecular complexity index is 439. The molecule has 2 saturated carbocycles. The lowest BCUT2D eigenvalue weighted by molar-refractivity contribution is 0.252. The molecule has 0 unspecified atom stereocenters. The standard InChI is InChI=1S/C24H39N/c1-3-4-5-6-7-9-21-11-15-23(16-12-21)20(2)24-17-13-22(14-18-24)10-8-19-25/h8,10,21-24H,2-7,9,11-18H2,1H3/b10-8+. The van der Waals surface area contributed by atoms with E-state index in [2.05, 4.69) is 25.6 Å². The van der Waals surface area contributed by atoms with Gasteiger partial charge in [-0.2, -0.15) is 5.26 Å². The monoisotopic (exact) mass is 341 g/mol. The molecule has 0 aliphatic heterocycles. The van der Waals surface area contributed by atoms with E-state index in [9.17, 15) is 0 Å². The SMILES string of the molecule is C=C(C1CCC(/C=C/C#N)CC1)C1CCC(CCCCCCC)CC1. The molecule has 0 bridgehead atoms. The van der Waals surface area contributed by atoms with E-state index in [1.165, 1.54) is 89.9 Å². The largest absolute Gasteiger partial charge is 0.193 e. The molecule has 0 aromatic carbocycles. The molecule has 25 heavy (non-hydrogen) atoms. The van der Waals surface area contributed by atoms with Crippen molar-refractivity contribution in [3.05, 3.63) is 24.3 Å². The molecule has 0 saturated heterocycles. The van der Waals surface area contributed by atoms with Gasteiger partial charge in [0.1, 0.15) is 0 Å². The highest BCUT2D eigenvalue weighted by Crippen LogP contribution is 2.42. The molecule has 2 aliphatic rings. The maximum absolute atomic E-state index is 8.67. The lowest BCUT2D eigenvalue weighted by atomic mass is 9.70. The van der Waals surface area contributed by atoms with Crippen molar-refractivity contribution in [1.82, 2.24) is 0 Å². The molecule has 0 amide bonds. The fourth-order valence-corrected chi connectivity index (χ4v) is 5.05. The zero-order chi connectivity index (χ0) is 17.9. The van der Waals surface area contributed by atoms with Gasteiger partial charge in [-0.15, -0.1) is 0 Å². The summed E-state index contributed by atoms with van der Waals surface area (Å²) in [5.41, 5.74) is 1.57. The lowest BCUT2D eigenvalue weighted by Gasteiger charge is -2.35. The Morgan fingerprint density at radius 3 is 2.12 bits per heavy atom. The van der Waals surface area contributed by atoms with Gasteiger partial charge in [-0.25, -0.2) is 0 Å². The maximum Gasteiger partial charge on any atom is 0.0908 e. The number of nitriles is 1. The normalized spacial score (nSPS) is 30.2. The van der Waals surface area contributed by atoms with E-state index in [0.717, 1.165) is 17.8 Å². The third-order valence-corrected chi connectivity index (χ3v) is 6.83. The average molecular weight is 342 g/mol. The van der Waals surface area contributed by atoms with E-state index in [-0.39, 0.29) is 0 Å². The number of nitrogens with zero attached hydrogens (tertiary/aromatic N) is 1. The Kier molecular flexibility index (Phi) is 9.38. The molecule has 2 rings (SSSR count). The molecule has 1 heteroatoms. The molecule has 0 aromatic rings. The smallest absolute Gasteiger partial charge is 0.0908 e. The second-order valence-electron chi connectivity index (χ2n) is 8.60. The minimum atomic E-state index is 0.632. The van der Waals surface area contributed by atoms with Crippen LogP contribution in [-0.2, 0) is 0 Å². The number of rotatable bonds is 9. The Labute approximate surface area is 156 Å². The summed E-state index contributed by atoms with van der Waals surface area (Å²) in [5.74, 6) is 3.18. The quantitative estimate of drug-likeness (QED) is 0.241. The molecule has 2 aliphatic carbocycles. The molecule has 0 spiro atoms. The van der Waals surface area contributed by atoms with Crippen molar-refractivity contribution >= 4 is 0 Å². The van der Waals surface area contributed by atoms with Gasteiger partial charge in [-0.1, -0.05) is 63.7 Å². The molecule has 0 heterocycles. The third kappa shape index (κ3) is 7.01. The minimum Gasteiger partial charge on any atom is -0.193 e. The highest BCUT2D eigenvalue weighted by molar-refractivity contribution is 5.10. The second kappa shape index (κ2) is 11.6. The predicted molar refractivity (Wildman–Crippen MR) is 108 cm³/mol. The number of hydrogen-bond donors (Lipinski definition) is 0. The molecular weight excluding hydrogens is 302 g/mol. The summed E-state index contributed by atoms with van der Waals surface area (Å²) in [6.45, 7) is 6.84. The molecule has 0 N–H and O–H groups in total. The summed E-state index contributed by atoms with van der Waals surface area (Å²) in [6.07, 6.45) is 23.1. The van der Waals surface area contributed by atoms with E-state index in [0.29, 0.717) is 5.92 Å². The molecule has 0 radical (unpaired) electrons. The molecule has 0 atom stereocenters. The first-order valence-electron chi connectivity index (χ1n) is 11.0. The summed E-state index contributed by atoms with van der Waals surface area (Å²) in [7, 11) is 0. The molecule has 0 aromatic heterocycles. The second-order valence-corrected chi connectivity index (χ2v) is 8.60. The van der Waals surface area contributed by atoms with Gasteiger partial charge in [0, 0.05) is 6.08 Å². The highest BCUT2D eigenvalue weighted by atomic mass is 14.3. The zero-order valence-electron chi connectivity index (χ0n) is 16.5. The first-order valence-corrected chi connectivity index (χ1v) is 11.0. The lowest BCUT2D eigenvalue weighted by Crippen LogP contribution is -2.22. The Morgan fingerprint density at radius 2 is 1.52 bits per heavy atom. The van der Waals surface area contributed by atoms with Crippen molar-refractivity contribution < 1.29 is 0 Å². The van der Waals surface area contributed by atoms with E-state index < -0.39 is 0 Å². The molecular formula is C24H39N. The van der Waals surface area contributed by atoms with Crippen molar-refractivity contribution in [2.75, 3.05) is 0 Å². The number of allylic oxidation sites excluding steroid dienone is 3. The Hall–Kier alpha value is -1.03. The highest BCUT2D eigenvalue weighted by Gasteiger charge is 2.28. The van der Waals surface area contributed by atoms with Gasteiger partial charge in [0.15, 0.2) is 0 Å². The fraction of sp³-hybridized carbons (Fsp3) is 0.792. The van der Waals surface area contributed by atoms with E-state index in [1.807, 2.05) is 0 Å². The van der Waals surface area contributed by atoms with Crippen LogP contribution in [0.4, 0.5) is 0 Å². The van der Waals surface area contributed by atoms with Gasteiger partial charge in [0.05, 0.1) is 6.07 Å². The van der Waals surface area contributed by atoms with Crippen LogP contribution >= 0.6 is 0 Å². The van der Waals surface area contributed by atoms with Crippen LogP contribution in [0.25, 0.3) is 0 Å². The summed E-state index contributed by atoms with van der Waals surface area (Å²) in [4.78, 5) is 0. The molecule has 1 nitrogen and oxygen atoms in total. The Balaban J connectivity index is 1.63. The first-order chi connectivity index (χ1) is 12.2. The van der Waals surface area contributed by atoms with Crippen LogP contribution in [0.5, 0.6) is 0 Å². The minimum absolute atomic E-state index is 0.632. The summed E-state index contributed by atoms with van der Waals surface area (Å²) in [5, 5.41) is 8.67. The third-order valence-electron chi connectivity index (χ3n) is 6.83. The van der Waals surface area contributed by atoms with Crippen molar-refractivity contribution in [3.63, 3.8) is 0 Å². The van der Waals surface area contributed by atoms with Gasteiger partial charge in [0.2, 0.25) is 0 Å². The van der Waals surface area contributed by atoms with Crippen molar-refractivity contribution in [1.29, 1.82) is 5.26 Å². The summed E-state index contributed by atoms with van der Waals surface area (Å²) in [6, 6.07) is 2.13. The first kappa shape index (κ1) is 20.3. The van der Waals surface area contributed by atoms with E-state index >= 15 is 0 Å². The van der Waals surface area contributed by atoms with Gasteiger partial charge in [-0.3, -0.25) is 0 Å². The van der Waals surface area contributed by atoms with Gasteiger partial charge in [0.25, 0.3) is 0 Å². The average Bonchev–Trinajstić information content (AvgIpc) is 2.66. The molecule has 2 fully saturated rings. The van der Waals surface area contributed by atoms with Crippen LogP contribution in [0, 0.1) is 35.0 Å². The van der Waals surface area contributed by atoms with Crippen LogP contribution in [0.2, 0.25) is 0 Å². The number of unbranched alkanes of at least 4 members (excludes halogenated alkanes) is 4. The van der Waals surface area contributed by atoms with Gasteiger partial charge >= 0.3 is 0 Å². The van der Waals surface area contributed by atoms with Crippen molar-refractivity contribution in [2.24, 2.45) is 23.7 Å². The summed E-state index contributed by atoms with van der Waals surface area (Å²) < 4.78 is 0. The van der Waals surface area contributed by atoms with Crippen LogP contribution < -0.4 is 0 Å². The van der Waals surface area contributed by atoms with Crippen LogP contribution in [0.1, 0.15) is 96.8 Å². The predicted octanol–water partition coefficient (Wildman–Crippen LogP) is 7.60. The van der Waals surface area contributed by atoms with Crippen molar-refractivity contribution in [3.8, 4) is 6.07 Å².